The Bertz CT molecular complexity index is 1390. The lowest BCUT2D eigenvalue weighted by Gasteiger charge is -2.07. The molecule has 5 rings (SSSR count). The van der Waals surface area contributed by atoms with Gasteiger partial charge >= 0.3 is 0 Å². The lowest BCUT2D eigenvalue weighted by atomic mass is 10.1. The molecular weight excluding hydrogens is 380 g/mol. The molecule has 3 aromatic heterocycles. The van der Waals surface area contributed by atoms with Crippen LogP contribution in [0.15, 0.2) is 70.3 Å². The SMILES string of the molecule is Cc1cc(C)cc(-n2ncc3c(=O)n(Cc4nnc(-c5ccccc5)o4)cnc32)c1. The Kier molecular flexibility index (Phi) is 4.24. The highest BCUT2D eigenvalue weighted by Gasteiger charge is 2.14. The van der Waals surface area contributed by atoms with Gasteiger partial charge in [-0.1, -0.05) is 24.3 Å². The zero-order valence-corrected chi connectivity index (χ0v) is 16.5. The molecule has 8 heteroatoms. The third-order valence-corrected chi connectivity index (χ3v) is 4.80. The molecule has 0 N–H and O–H groups in total. The minimum absolute atomic E-state index is 0.135. The van der Waals surface area contributed by atoms with E-state index in [0.717, 1.165) is 22.4 Å². The number of benzene rings is 2. The molecule has 0 bridgehead atoms. The quantitative estimate of drug-likeness (QED) is 0.461. The molecule has 0 aliphatic heterocycles. The number of nitrogens with zero attached hydrogens (tertiary/aromatic N) is 6. The van der Waals surface area contributed by atoms with Gasteiger partial charge in [0.05, 0.1) is 11.9 Å². The van der Waals surface area contributed by atoms with Crippen LogP contribution in [-0.4, -0.2) is 29.5 Å². The molecule has 0 atom stereocenters. The Labute approximate surface area is 171 Å². The van der Waals surface area contributed by atoms with Crippen LogP contribution in [0, 0.1) is 13.8 Å². The van der Waals surface area contributed by atoms with Gasteiger partial charge in [0.1, 0.15) is 18.3 Å². The lowest BCUT2D eigenvalue weighted by Crippen LogP contribution is -2.21. The number of hydrogen-bond donors (Lipinski definition) is 0. The summed E-state index contributed by atoms with van der Waals surface area (Å²) < 4.78 is 8.84. The summed E-state index contributed by atoms with van der Waals surface area (Å²) in [4.78, 5) is 17.4. The van der Waals surface area contributed by atoms with Gasteiger partial charge in [-0.3, -0.25) is 9.36 Å². The molecule has 148 valence electrons. The first kappa shape index (κ1) is 18.0. The van der Waals surface area contributed by atoms with Crippen LogP contribution in [-0.2, 0) is 6.54 Å². The van der Waals surface area contributed by atoms with Crippen LogP contribution in [0.4, 0.5) is 0 Å². The van der Waals surface area contributed by atoms with Crippen molar-refractivity contribution in [3.63, 3.8) is 0 Å². The fraction of sp³-hybridized carbons (Fsp3) is 0.136. The monoisotopic (exact) mass is 398 g/mol. The van der Waals surface area contributed by atoms with E-state index in [9.17, 15) is 4.79 Å². The Morgan fingerprint density at radius 3 is 2.53 bits per heavy atom. The molecular formula is C22H18N6O2. The van der Waals surface area contributed by atoms with Gasteiger partial charge in [-0.25, -0.2) is 9.67 Å². The molecule has 0 amide bonds. The average Bonchev–Trinajstić information content (AvgIpc) is 3.38. The number of aryl methyl sites for hydroxylation is 2. The van der Waals surface area contributed by atoms with Gasteiger partial charge in [-0.2, -0.15) is 5.10 Å². The van der Waals surface area contributed by atoms with Crippen LogP contribution in [0.5, 0.6) is 0 Å². The average molecular weight is 398 g/mol. The van der Waals surface area contributed by atoms with Crippen molar-refractivity contribution < 1.29 is 4.42 Å². The molecule has 8 nitrogen and oxygen atoms in total. The fourth-order valence-electron chi connectivity index (χ4n) is 3.48. The molecule has 0 saturated heterocycles. The van der Waals surface area contributed by atoms with Gasteiger partial charge in [0.2, 0.25) is 11.8 Å². The molecule has 0 spiro atoms. The minimum atomic E-state index is -0.213. The summed E-state index contributed by atoms with van der Waals surface area (Å²) in [6.45, 7) is 4.18. The van der Waals surface area contributed by atoms with E-state index in [2.05, 4.69) is 26.3 Å². The smallest absolute Gasteiger partial charge is 0.264 e. The number of aromatic nitrogens is 6. The Balaban J connectivity index is 1.49. The second-order valence-corrected chi connectivity index (χ2v) is 7.18. The van der Waals surface area contributed by atoms with Crippen molar-refractivity contribution in [2.45, 2.75) is 20.4 Å². The molecule has 0 aliphatic rings. The summed E-state index contributed by atoms with van der Waals surface area (Å²) in [5.74, 6) is 0.745. The first-order chi connectivity index (χ1) is 14.6. The standard InChI is InChI=1S/C22H18N6O2/c1-14-8-15(2)10-17(9-14)28-20-18(11-24-28)22(29)27(13-23-20)12-19-25-26-21(30-19)16-6-4-3-5-7-16/h3-11,13H,12H2,1-2H3. The van der Waals surface area contributed by atoms with Crippen LogP contribution >= 0.6 is 0 Å². The number of rotatable bonds is 4. The highest BCUT2D eigenvalue weighted by Crippen LogP contribution is 2.19. The third kappa shape index (κ3) is 3.18. The summed E-state index contributed by atoms with van der Waals surface area (Å²) in [7, 11) is 0. The van der Waals surface area contributed by atoms with Gasteiger partial charge in [0, 0.05) is 5.56 Å². The third-order valence-electron chi connectivity index (χ3n) is 4.80. The molecule has 2 aromatic carbocycles. The van der Waals surface area contributed by atoms with Crippen LogP contribution in [0.3, 0.4) is 0 Å². The van der Waals surface area contributed by atoms with Crippen molar-refractivity contribution in [1.29, 1.82) is 0 Å². The predicted molar refractivity (Wildman–Crippen MR) is 111 cm³/mol. The molecule has 30 heavy (non-hydrogen) atoms. The van der Waals surface area contributed by atoms with Crippen LogP contribution in [0.25, 0.3) is 28.2 Å². The Morgan fingerprint density at radius 2 is 1.77 bits per heavy atom. The van der Waals surface area contributed by atoms with E-state index in [4.69, 9.17) is 4.42 Å². The van der Waals surface area contributed by atoms with E-state index < -0.39 is 0 Å². The zero-order valence-electron chi connectivity index (χ0n) is 16.5. The number of fused-ring (bicyclic) bond motifs is 1. The zero-order chi connectivity index (χ0) is 20.7. The topological polar surface area (TPSA) is 91.6 Å². The second kappa shape index (κ2) is 7.07. The molecule has 0 radical (unpaired) electrons. The minimum Gasteiger partial charge on any atom is -0.419 e. The van der Waals surface area contributed by atoms with Crippen molar-refractivity contribution in [3.05, 3.63) is 88.4 Å². The van der Waals surface area contributed by atoms with Crippen molar-refractivity contribution in [2.75, 3.05) is 0 Å². The van der Waals surface area contributed by atoms with E-state index in [-0.39, 0.29) is 12.1 Å². The summed E-state index contributed by atoms with van der Waals surface area (Å²) >= 11 is 0. The maximum Gasteiger partial charge on any atom is 0.264 e. The largest absolute Gasteiger partial charge is 0.419 e. The lowest BCUT2D eigenvalue weighted by molar-refractivity contribution is 0.483. The molecule has 5 aromatic rings. The van der Waals surface area contributed by atoms with Crippen LogP contribution < -0.4 is 5.56 Å². The maximum absolute atomic E-state index is 13.0. The highest BCUT2D eigenvalue weighted by molar-refractivity contribution is 5.75. The first-order valence-electron chi connectivity index (χ1n) is 9.48. The second-order valence-electron chi connectivity index (χ2n) is 7.18. The van der Waals surface area contributed by atoms with Crippen LogP contribution in [0.1, 0.15) is 17.0 Å². The van der Waals surface area contributed by atoms with Crippen molar-refractivity contribution in [1.82, 2.24) is 29.5 Å². The molecule has 0 fully saturated rings. The Morgan fingerprint density at radius 1 is 1.00 bits per heavy atom. The summed E-state index contributed by atoms with van der Waals surface area (Å²) in [6, 6.07) is 15.6. The van der Waals surface area contributed by atoms with Crippen molar-refractivity contribution in [2.24, 2.45) is 0 Å². The predicted octanol–water partition coefficient (Wildman–Crippen LogP) is 3.30. The Hall–Kier alpha value is -4.07. The van der Waals surface area contributed by atoms with Gasteiger partial charge in [0.15, 0.2) is 5.65 Å². The van der Waals surface area contributed by atoms with E-state index in [1.807, 2.05) is 56.3 Å². The molecule has 0 unspecified atom stereocenters. The highest BCUT2D eigenvalue weighted by atomic mass is 16.4. The van der Waals surface area contributed by atoms with E-state index in [1.165, 1.54) is 10.9 Å². The normalized spacial score (nSPS) is 11.3. The van der Waals surface area contributed by atoms with E-state index in [1.54, 1.807) is 10.9 Å². The van der Waals surface area contributed by atoms with E-state index >= 15 is 0 Å². The van der Waals surface area contributed by atoms with Gasteiger partial charge in [0.25, 0.3) is 5.56 Å². The van der Waals surface area contributed by atoms with Gasteiger partial charge in [-0.05, 0) is 49.2 Å². The van der Waals surface area contributed by atoms with Gasteiger partial charge < -0.3 is 4.42 Å². The van der Waals surface area contributed by atoms with Gasteiger partial charge in [-0.15, -0.1) is 10.2 Å². The van der Waals surface area contributed by atoms with Crippen LogP contribution in [0.2, 0.25) is 0 Å². The van der Waals surface area contributed by atoms with Crippen molar-refractivity contribution >= 4 is 11.0 Å². The molecule has 0 saturated carbocycles. The summed E-state index contributed by atoms with van der Waals surface area (Å²) in [6.07, 6.45) is 3.03. The summed E-state index contributed by atoms with van der Waals surface area (Å²) in [5, 5.41) is 12.9. The van der Waals surface area contributed by atoms with E-state index in [0.29, 0.717) is 22.8 Å². The summed E-state index contributed by atoms with van der Waals surface area (Å²) in [5.41, 5.74) is 4.23. The maximum atomic E-state index is 13.0. The number of hydrogen-bond acceptors (Lipinski definition) is 6. The molecule has 3 heterocycles. The first-order valence-corrected chi connectivity index (χ1v) is 9.48. The molecule has 0 aliphatic carbocycles. The van der Waals surface area contributed by atoms with Crippen molar-refractivity contribution in [3.8, 4) is 17.1 Å². The fourth-order valence-corrected chi connectivity index (χ4v) is 3.48.